The van der Waals surface area contributed by atoms with E-state index in [1.807, 2.05) is 6.92 Å². The minimum absolute atomic E-state index is 0.0603. The van der Waals surface area contributed by atoms with Gasteiger partial charge in [0.2, 0.25) is 0 Å². The zero-order chi connectivity index (χ0) is 15.5. The molecule has 1 aliphatic carbocycles. The van der Waals surface area contributed by atoms with E-state index in [0.29, 0.717) is 12.2 Å². The largest absolute Gasteiger partial charge is 0.416 e. The van der Waals surface area contributed by atoms with Crippen molar-refractivity contribution < 1.29 is 18.0 Å². The summed E-state index contributed by atoms with van der Waals surface area (Å²) in [7, 11) is 0. The summed E-state index contributed by atoms with van der Waals surface area (Å²) < 4.78 is 38.4. The molecule has 6 heteroatoms. The molecule has 0 atom stereocenters. The Morgan fingerprint density at radius 1 is 1.33 bits per heavy atom. The smallest absolute Gasteiger partial charge is 0.384 e. The van der Waals surface area contributed by atoms with E-state index >= 15 is 0 Å². The molecule has 1 amide bonds. The third-order valence-corrected chi connectivity index (χ3v) is 3.60. The molecule has 0 saturated heterocycles. The average Bonchev–Trinajstić information content (AvgIpc) is 2.39. The molecule has 1 fully saturated rings. The molecule has 0 bridgehead atoms. The number of carbonyl (C=O) groups is 1. The maximum Gasteiger partial charge on any atom is 0.416 e. The van der Waals surface area contributed by atoms with Crippen molar-refractivity contribution in [3.8, 4) is 0 Å². The highest BCUT2D eigenvalue weighted by molar-refractivity contribution is 6.00. The summed E-state index contributed by atoms with van der Waals surface area (Å²) in [6, 6.07) is 3.34. The van der Waals surface area contributed by atoms with Crippen LogP contribution in [0.25, 0.3) is 0 Å². The molecule has 0 aromatic heterocycles. The quantitative estimate of drug-likeness (QED) is 0.868. The molecule has 116 valence electrons. The third-order valence-electron chi connectivity index (χ3n) is 3.60. The average molecular weight is 300 g/mol. The van der Waals surface area contributed by atoms with E-state index in [1.165, 1.54) is 6.07 Å². The second kappa shape index (κ2) is 6.37. The summed E-state index contributed by atoms with van der Waals surface area (Å²) in [5.41, 5.74) is -0.296. The monoisotopic (exact) mass is 300 g/mol. The van der Waals surface area contributed by atoms with Crippen molar-refractivity contribution in [2.45, 2.75) is 44.8 Å². The van der Waals surface area contributed by atoms with Crippen LogP contribution in [0, 0.1) is 0 Å². The fourth-order valence-corrected chi connectivity index (χ4v) is 2.14. The molecule has 0 heterocycles. The molecule has 21 heavy (non-hydrogen) atoms. The van der Waals surface area contributed by atoms with E-state index in [2.05, 4.69) is 10.6 Å². The molecule has 2 N–H and O–H groups in total. The van der Waals surface area contributed by atoms with Crippen molar-refractivity contribution in [1.82, 2.24) is 5.32 Å². The number of nitrogens with one attached hydrogen (secondary N) is 2. The highest BCUT2D eigenvalue weighted by Gasteiger charge is 2.32. The number of alkyl halides is 3. The van der Waals surface area contributed by atoms with E-state index in [-0.39, 0.29) is 11.6 Å². The summed E-state index contributed by atoms with van der Waals surface area (Å²) in [5.74, 6) is -0.440. The second-order valence-corrected chi connectivity index (χ2v) is 5.29. The maximum atomic E-state index is 12.8. The number of amides is 1. The fourth-order valence-electron chi connectivity index (χ4n) is 2.14. The van der Waals surface area contributed by atoms with Gasteiger partial charge in [0.25, 0.3) is 5.91 Å². The van der Waals surface area contributed by atoms with Gasteiger partial charge < -0.3 is 10.6 Å². The van der Waals surface area contributed by atoms with Gasteiger partial charge in [-0.05, 0) is 43.9 Å². The van der Waals surface area contributed by atoms with Crippen LogP contribution in [-0.4, -0.2) is 18.5 Å². The second-order valence-electron chi connectivity index (χ2n) is 5.29. The first-order chi connectivity index (χ1) is 9.91. The van der Waals surface area contributed by atoms with Gasteiger partial charge in [-0.25, -0.2) is 0 Å². The van der Waals surface area contributed by atoms with Crippen LogP contribution in [0.2, 0.25) is 0 Å². The Balaban J connectivity index is 2.25. The number of hydrogen-bond donors (Lipinski definition) is 2. The minimum atomic E-state index is -4.45. The highest BCUT2D eigenvalue weighted by atomic mass is 19.4. The molecule has 0 unspecified atom stereocenters. The first-order valence-corrected chi connectivity index (χ1v) is 7.17. The van der Waals surface area contributed by atoms with E-state index in [4.69, 9.17) is 0 Å². The molecule has 3 nitrogen and oxygen atoms in total. The van der Waals surface area contributed by atoms with Gasteiger partial charge in [-0.3, -0.25) is 4.79 Å². The normalized spacial score (nSPS) is 15.4. The Hall–Kier alpha value is -1.72. The maximum absolute atomic E-state index is 12.8. The van der Waals surface area contributed by atoms with Crippen LogP contribution in [-0.2, 0) is 6.18 Å². The molecule has 1 aromatic carbocycles. The van der Waals surface area contributed by atoms with Crippen LogP contribution >= 0.6 is 0 Å². The zero-order valence-electron chi connectivity index (χ0n) is 11.9. The first kappa shape index (κ1) is 15.7. The lowest BCUT2D eigenvalue weighted by Gasteiger charge is -2.27. The molecule has 2 rings (SSSR count). The van der Waals surface area contributed by atoms with Crippen molar-refractivity contribution in [3.05, 3.63) is 29.3 Å². The van der Waals surface area contributed by atoms with Gasteiger partial charge in [0, 0.05) is 18.3 Å². The van der Waals surface area contributed by atoms with Crippen molar-refractivity contribution >= 4 is 11.6 Å². The van der Waals surface area contributed by atoms with Crippen LogP contribution in [0.1, 0.15) is 48.5 Å². The Kier molecular flexibility index (Phi) is 4.75. The summed E-state index contributed by atoms with van der Waals surface area (Å²) in [5, 5.41) is 5.79. The first-order valence-electron chi connectivity index (χ1n) is 7.17. The lowest BCUT2D eigenvalue weighted by Crippen LogP contribution is -2.39. The van der Waals surface area contributed by atoms with Gasteiger partial charge in [-0.2, -0.15) is 13.2 Å². The Morgan fingerprint density at radius 2 is 2.05 bits per heavy atom. The van der Waals surface area contributed by atoms with Crippen LogP contribution < -0.4 is 10.6 Å². The van der Waals surface area contributed by atoms with Gasteiger partial charge in [0.05, 0.1) is 11.1 Å². The summed E-state index contributed by atoms with van der Waals surface area (Å²) in [6.07, 6.45) is -0.793. The third kappa shape index (κ3) is 3.89. The SMILES string of the molecule is CCCNc1ccc(C(F)(F)F)cc1C(=O)NC1CCC1. The van der Waals surface area contributed by atoms with Crippen molar-refractivity contribution in [3.63, 3.8) is 0 Å². The van der Waals surface area contributed by atoms with Crippen molar-refractivity contribution in [2.24, 2.45) is 0 Å². The summed E-state index contributed by atoms with van der Waals surface area (Å²) >= 11 is 0. The Morgan fingerprint density at radius 3 is 2.57 bits per heavy atom. The number of carbonyl (C=O) groups excluding carboxylic acids is 1. The zero-order valence-corrected chi connectivity index (χ0v) is 11.9. The minimum Gasteiger partial charge on any atom is -0.384 e. The molecule has 0 radical (unpaired) electrons. The van der Waals surface area contributed by atoms with Gasteiger partial charge in [-0.15, -0.1) is 0 Å². The van der Waals surface area contributed by atoms with Crippen molar-refractivity contribution in [2.75, 3.05) is 11.9 Å². The number of anilines is 1. The fraction of sp³-hybridized carbons (Fsp3) is 0.533. The Bertz CT molecular complexity index is 510. The molecule has 1 saturated carbocycles. The molecule has 1 aliphatic rings. The van der Waals surface area contributed by atoms with Crippen molar-refractivity contribution in [1.29, 1.82) is 0 Å². The molecule has 0 spiro atoms. The summed E-state index contributed by atoms with van der Waals surface area (Å²) in [4.78, 5) is 12.2. The van der Waals surface area contributed by atoms with Crippen LogP contribution in [0.15, 0.2) is 18.2 Å². The van der Waals surface area contributed by atoms with Gasteiger partial charge in [0.15, 0.2) is 0 Å². The van der Waals surface area contributed by atoms with Crippen LogP contribution in [0.5, 0.6) is 0 Å². The van der Waals surface area contributed by atoms with Crippen LogP contribution in [0.3, 0.4) is 0 Å². The highest BCUT2D eigenvalue weighted by Crippen LogP contribution is 2.32. The van der Waals surface area contributed by atoms with Crippen LogP contribution in [0.4, 0.5) is 18.9 Å². The molecule has 1 aromatic rings. The lowest BCUT2D eigenvalue weighted by atomic mass is 9.92. The van der Waals surface area contributed by atoms with E-state index in [0.717, 1.165) is 37.8 Å². The van der Waals surface area contributed by atoms with E-state index in [1.54, 1.807) is 0 Å². The number of rotatable bonds is 5. The predicted octanol–water partition coefficient (Wildman–Crippen LogP) is 3.81. The van der Waals surface area contributed by atoms with Gasteiger partial charge in [-0.1, -0.05) is 6.92 Å². The van der Waals surface area contributed by atoms with E-state index < -0.39 is 17.6 Å². The molecular formula is C15H19F3N2O. The topological polar surface area (TPSA) is 41.1 Å². The molecule has 0 aliphatic heterocycles. The summed E-state index contributed by atoms with van der Waals surface area (Å²) in [6.45, 7) is 2.56. The number of hydrogen-bond acceptors (Lipinski definition) is 2. The van der Waals surface area contributed by atoms with E-state index in [9.17, 15) is 18.0 Å². The lowest BCUT2D eigenvalue weighted by molar-refractivity contribution is -0.137. The van der Waals surface area contributed by atoms with Gasteiger partial charge in [0.1, 0.15) is 0 Å². The number of halogens is 3. The standard InChI is InChI=1S/C15H19F3N2O/c1-2-8-19-13-7-6-10(15(16,17)18)9-12(13)14(21)20-11-4-3-5-11/h6-7,9,11,19H,2-5,8H2,1H3,(H,20,21). The van der Waals surface area contributed by atoms with Gasteiger partial charge >= 0.3 is 6.18 Å². The Labute approximate surface area is 121 Å². The number of benzene rings is 1. The molecular weight excluding hydrogens is 281 g/mol. The predicted molar refractivity (Wildman–Crippen MR) is 75.3 cm³/mol.